The van der Waals surface area contributed by atoms with Crippen LogP contribution in [0.25, 0.3) is 0 Å². The number of hydrogen-bond acceptors (Lipinski definition) is 2. The number of ether oxygens (including phenoxy) is 1. The number of methoxy groups -OCH3 is 1. The van der Waals surface area contributed by atoms with Gasteiger partial charge in [-0.25, -0.2) is 0 Å². The first-order chi connectivity index (χ1) is 9.10. The Hall–Kier alpha value is -0.710. The Balaban J connectivity index is 2.05. The molecule has 0 unspecified atom stereocenters. The smallest absolute Gasteiger partial charge is 0.133 e. The Labute approximate surface area is 134 Å². The summed E-state index contributed by atoms with van der Waals surface area (Å²) in [6.07, 6.45) is 0. The Morgan fingerprint density at radius 1 is 1.11 bits per heavy atom. The molecule has 0 amide bonds. The summed E-state index contributed by atoms with van der Waals surface area (Å²) >= 11 is 12.9. The molecule has 0 radical (unpaired) electrons. The molecule has 2 rings (SSSR count). The maximum atomic E-state index is 6.06. The van der Waals surface area contributed by atoms with E-state index in [-0.39, 0.29) is 0 Å². The van der Waals surface area contributed by atoms with Crippen LogP contribution in [0.3, 0.4) is 0 Å². The predicted octanol–water partition coefficient (Wildman–Crippen LogP) is 5.49. The summed E-state index contributed by atoms with van der Waals surface area (Å²) in [5, 5.41) is 4.06. The lowest BCUT2D eigenvalue weighted by Gasteiger charge is -2.10. The molecule has 0 aliphatic heterocycles. The van der Waals surface area contributed by atoms with E-state index in [9.17, 15) is 0 Å². The van der Waals surface area contributed by atoms with Gasteiger partial charge in [-0.1, -0.05) is 17.7 Å². The van der Waals surface area contributed by atoms with Gasteiger partial charge in [0.25, 0.3) is 0 Å². The molecule has 100 valence electrons. The maximum Gasteiger partial charge on any atom is 0.133 e. The van der Waals surface area contributed by atoms with Crippen molar-refractivity contribution in [1.29, 1.82) is 0 Å². The molecule has 0 bridgehead atoms. The standard InChI is InChI=1S/C14H12Br2ClNO/c1-19-14-5-3-10(7-12(14)16)18-8-9-2-4-11(15)13(17)6-9/h2-7,18H,8H2,1H3. The van der Waals surface area contributed by atoms with E-state index in [1.165, 1.54) is 0 Å². The van der Waals surface area contributed by atoms with E-state index in [0.717, 1.165) is 31.0 Å². The monoisotopic (exact) mass is 403 g/mol. The van der Waals surface area contributed by atoms with Gasteiger partial charge in [0, 0.05) is 16.7 Å². The number of hydrogen-bond donors (Lipinski definition) is 1. The molecule has 0 aromatic heterocycles. The average molecular weight is 406 g/mol. The lowest BCUT2D eigenvalue weighted by Crippen LogP contribution is -1.99. The van der Waals surface area contributed by atoms with Gasteiger partial charge in [-0.05, 0) is 67.8 Å². The minimum atomic E-state index is 0.714. The minimum absolute atomic E-state index is 0.714. The van der Waals surface area contributed by atoms with Crippen LogP contribution in [-0.2, 0) is 6.54 Å². The van der Waals surface area contributed by atoms with Crippen molar-refractivity contribution in [3.8, 4) is 5.75 Å². The van der Waals surface area contributed by atoms with Crippen molar-refractivity contribution >= 4 is 49.1 Å². The highest BCUT2D eigenvalue weighted by Gasteiger charge is 2.02. The molecule has 0 spiro atoms. The molecule has 5 heteroatoms. The summed E-state index contributed by atoms with van der Waals surface area (Å²) in [6.45, 7) is 0.714. The summed E-state index contributed by atoms with van der Waals surface area (Å²) < 4.78 is 7.03. The Bertz CT molecular complexity index is 590. The first-order valence-electron chi connectivity index (χ1n) is 5.61. The van der Waals surface area contributed by atoms with Gasteiger partial charge in [0.1, 0.15) is 5.75 Å². The molecule has 2 aromatic rings. The molecular weight excluding hydrogens is 393 g/mol. The van der Waals surface area contributed by atoms with Crippen LogP contribution in [0.1, 0.15) is 5.56 Å². The topological polar surface area (TPSA) is 21.3 Å². The third-order valence-electron chi connectivity index (χ3n) is 2.63. The summed E-state index contributed by atoms with van der Waals surface area (Å²) in [7, 11) is 1.65. The van der Waals surface area contributed by atoms with Gasteiger partial charge in [-0.15, -0.1) is 0 Å². The second kappa shape index (κ2) is 6.64. The molecule has 0 heterocycles. The van der Waals surface area contributed by atoms with E-state index in [0.29, 0.717) is 6.54 Å². The number of benzene rings is 2. The van der Waals surface area contributed by atoms with Gasteiger partial charge < -0.3 is 10.1 Å². The number of halogens is 3. The maximum absolute atomic E-state index is 6.06. The van der Waals surface area contributed by atoms with E-state index in [2.05, 4.69) is 37.2 Å². The van der Waals surface area contributed by atoms with E-state index < -0.39 is 0 Å². The molecule has 0 atom stereocenters. The molecular formula is C14H12Br2ClNO. The molecule has 0 aliphatic rings. The summed E-state index contributed by atoms with van der Waals surface area (Å²) in [5.41, 5.74) is 2.15. The highest BCUT2D eigenvalue weighted by atomic mass is 79.9. The van der Waals surface area contributed by atoms with E-state index in [1.807, 2.05) is 36.4 Å². The molecule has 0 fully saturated rings. The lowest BCUT2D eigenvalue weighted by molar-refractivity contribution is 0.412. The lowest BCUT2D eigenvalue weighted by atomic mass is 10.2. The molecule has 0 saturated carbocycles. The Kier molecular flexibility index (Phi) is 5.13. The summed E-state index contributed by atoms with van der Waals surface area (Å²) in [4.78, 5) is 0. The molecule has 0 aliphatic carbocycles. The molecule has 2 aromatic carbocycles. The van der Waals surface area contributed by atoms with Crippen molar-refractivity contribution in [2.24, 2.45) is 0 Å². The van der Waals surface area contributed by atoms with Crippen LogP contribution in [0.5, 0.6) is 5.75 Å². The highest BCUT2D eigenvalue weighted by molar-refractivity contribution is 9.10. The van der Waals surface area contributed by atoms with Crippen LogP contribution in [0.2, 0.25) is 5.02 Å². The van der Waals surface area contributed by atoms with Crippen LogP contribution >= 0.6 is 43.5 Å². The van der Waals surface area contributed by atoms with Crippen LogP contribution in [0.4, 0.5) is 5.69 Å². The van der Waals surface area contributed by atoms with Crippen molar-refractivity contribution in [2.75, 3.05) is 12.4 Å². The second-order valence-electron chi connectivity index (χ2n) is 3.95. The SMILES string of the molecule is COc1ccc(NCc2ccc(Br)c(Cl)c2)cc1Br. The third kappa shape index (κ3) is 3.88. The fraction of sp³-hybridized carbons (Fsp3) is 0.143. The zero-order valence-corrected chi connectivity index (χ0v) is 14.1. The van der Waals surface area contributed by atoms with E-state index in [4.69, 9.17) is 16.3 Å². The van der Waals surface area contributed by atoms with E-state index in [1.54, 1.807) is 7.11 Å². The zero-order valence-electron chi connectivity index (χ0n) is 10.2. The van der Waals surface area contributed by atoms with Crippen molar-refractivity contribution in [3.63, 3.8) is 0 Å². The first kappa shape index (κ1) is 14.7. The van der Waals surface area contributed by atoms with Crippen molar-refractivity contribution in [2.45, 2.75) is 6.54 Å². The highest BCUT2D eigenvalue weighted by Crippen LogP contribution is 2.28. The summed E-state index contributed by atoms with van der Waals surface area (Å²) in [6, 6.07) is 11.8. The van der Waals surface area contributed by atoms with Gasteiger partial charge in [0.2, 0.25) is 0 Å². The molecule has 1 N–H and O–H groups in total. The third-order valence-corrected chi connectivity index (χ3v) is 4.48. The van der Waals surface area contributed by atoms with Crippen LogP contribution in [0.15, 0.2) is 45.3 Å². The van der Waals surface area contributed by atoms with Gasteiger partial charge in [-0.3, -0.25) is 0 Å². The first-order valence-corrected chi connectivity index (χ1v) is 7.58. The van der Waals surface area contributed by atoms with Crippen LogP contribution in [-0.4, -0.2) is 7.11 Å². The van der Waals surface area contributed by atoms with Gasteiger partial charge >= 0.3 is 0 Å². The fourth-order valence-corrected chi connectivity index (χ4v) is 2.62. The fourth-order valence-electron chi connectivity index (χ4n) is 1.63. The van der Waals surface area contributed by atoms with Crippen LogP contribution < -0.4 is 10.1 Å². The molecule has 2 nitrogen and oxygen atoms in total. The number of anilines is 1. The largest absolute Gasteiger partial charge is 0.496 e. The summed E-state index contributed by atoms with van der Waals surface area (Å²) in [5.74, 6) is 0.817. The van der Waals surface area contributed by atoms with E-state index >= 15 is 0 Å². The Morgan fingerprint density at radius 2 is 1.89 bits per heavy atom. The van der Waals surface area contributed by atoms with Crippen molar-refractivity contribution in [1.82, 2.24) is 0 Å². The van der Waals surface area contributed by atoms with Gasteiger partial charge in [0.05, 0.1) is 16.6 Å². The second-order valence-corrected chi connectivity index (χ2v) is 6.07. The number of nitrogens with one attached hydrogen (secondary N) is 1. The zero-order chi connectivity index (χ0) is 13.8. The van der Waals surface area contributed by atoms with Crippen molar-refractivity contribution in [3.05, 3.63) is 55.9 Å². The quantitative estimate of drug-likeness (QED) is 0.727. The normalized spacial score (nSPS) is 10.3. The minimum Gasteiger partial charge on any atom is -0.496 e. The predicted molar refractivity (Wildman–Crippen MR) is 87.2 cm³/mol. The molecule has 0 saturated heterocycles. The molecule has 19 heavy (non-hydrogen) atoms. The van der Waals surface area contributed by atoms with Gasteiger partial charge in [-0.2, -0.15) is 0 Å². The average Bonchev–Trinajstić information content (AvgIpc) is 2.40. The van der Waals surface area contributed by atoms with Gasteiger partial charge in [0.15, 0.2) is 0 Å². The van der Waals surface area contributed by atoms with Crippen LogP contribution in [0, 0.1) is 0 Å². The Morgan fingerprint density at radius 3 is 2.53 bits per heavy atom. The number of rotatable bonds is 4. The van der Waals surface area contributed by atoms with Crippen molar-refractivity contribution < 1.29 is 4.74 Å².